The Morgan fingerprint density at radius 3 is 2.88 bits per heavy atom. The molecule has 1 atom stereocenters. The van der Waals surface area contributed by atoms with Crippen molar-refractivity contribution in [1.82, 2.24) is 0 Å². The van der Waals surface area contributed by atoms with Crippen molar-refractivity contribution in [2.45, 2.75) is 33.2 Å². The van der Waals surface area contributed by atoms with E-state index in [0.717, 1.165) is 24.3 Å². The van der Waals surface area contributed by atoms with Crippen molar-refractivity contribution >= 4 is 6.08 Å². The Hall–Kier alpha value is -1.28. The van der Waals surface area contributed by atoms with E-state index in [2.05, 4.69) is 19.1 Å². The van der Waals surface area contributed by atoms with Crippen LogP contribution < -0.4 is 10.5 Å². The summed E-state index contributed by atoms with van der Waals surface area (Å²) in [6, 6.07) is 8.19. The lowest BCUT2D eigenvalue weighted by Crippen LogP contribution is -2.15. The fourth-order valence-electron chi connectivity index (χ4n) is 1.31. The van der Waals surface area contributed by atoms with Crippen LogP contribution in [-0.4, -0.2) is 12.6 Å². The van der Waals surface area contributed by atoms with E-state index in [4.69, 9.17) is 10.5 Å². The third-order valence-electron chi connectivity index (χ3n) is 2.44. The lowest BCUT2D eigenvalue weighted by Gasteiger charge is -2.07. The zero-order valence-electron chi connectivity index (χ0n) is 10.4. The lowest BCUT2D eigenvalue weighted by atomic mass is 10.1. The molecule has 0 saturated heterocycles. The van der Waals surface area contributed by atoms with Crippen LogP contribution in [0.5, 0.6) is 5.75 Å². The van der Waals surface area contributed by atoms with Gasteiger partial charge in [-0.2, -0.15) is 0 Å². The summed E-state index contributed by atoms with van der Waals surface area (Å²) in [4.78, 5) is 0. The third kappa shape index (κ3) is 4.07. The number of nitrogens with two attached hydrogens (primary N) is 1. The Labute approximate surface area is 98.1 Å². The van der Waals surface area contributed by atoms with E-state index >= 15 is 0 Å². The molecular formula is C14H21NO. The summed E-state index contributed by atoms with van der Waals surface area (Å²) in [6.45, 7) is 6.90. The van der Waals surface area contributed by atoms with Crippen molar-refractivity contribution < 1.29 is 4.74 Å². The van der Waals surface area contributed by atoms with E-state index in [1.165, 1.54) is 5.57 Å². The van der Waals surface area contributed by atoms with Gasteiger partial charge in [0, 0.05) is 6.04 Å². The zero-order chi connectivity index (χ0) is 12.0. The molecule has 0 aliphatic heterocycles. The summed E-state index contributed by atoms with van der Waals surface area (Å²) in [5.74, 6) is 0.924. The number of hydrogen-bond acceptors (Lipinski definition) is 2. The quantitative estimate of drug-likeness (QED) is 0.825. The van der Waals surface area contributed by atoms with Gasteiger partial charge < -0.3 is 10.5 Å². The summed E-state index contributed by atoms with van der Waals surface area (Å²) < 4.78 is 5.58. The molecule has 0 saturated carbocycles. The zero-order valence-corrected chi connectivity index (χ0v) is 10.4. The summed E-state index contributed by atoms with van der Waals surface area (Å²) in [7, 11) is 0. The van der Waals surface area contributed by atoms with Crippen molar-refractivity contribution in [2.75, 3.05) is 6.61 Å². The van der Waals surface area contributed by atoms with Gasteiger partial charge in [-0.3, -0.25) is 0 Å². The van der Waals surface area contributed by atoms with Gasteiger partial charge in [-0.1, -0.05) is 30.7 Å². The highest BCUT2D eigenvalue weighted by Crippen LogP contribution is 2.16. The molecule has 1 rings (SSSR count). The van der Waals surface area contributed by atoms with Crippen LogP contribution >= 0.6 is 0 Å². The minimum Gasteiger partial charge on any atom is -0.494 e. The fraction of sp³-hybridized carbons (Fsp3) is 0.429. The molecule has 1 aromatic rings. The summed E-state index contributed by atoms with van der Waals surface area (Å²) in [6.07, 6.45) is 3.13. The maximum Gasteiger partial charge on any atom is 0.119 e. The molecule has 0 amide bonds. The van der Waals surface area contributed by atoms with Crippen molar-refractivity contribution in [2.24, 2.45) is 5.73 Å². The van der Waals surface area contributed by atoms with E-state index in [-0.39, 0.29) is 6.04 Å². The molecule has 0 aliphatic carbocycles. The van der Waals surface area contributed by atoms with Crippen LogP contribution in [0.1, 0.15) is 32.8 Å². The first-order chi connectivity index (χ1) is 7.63. The molecule has 0 aliphatic rings. The maximum absolute atomic E-state index is 5.80. The highest BCUT2D eigenvalue weighted by atomic mass is 16.5. The molecule has 0 heterocycles. The molecule has 1 aromatic carbocycles. The molecule has 88 valence electrons. The standard InChI is InChI=1S/C14H21NO/c1-4-8-16-14-7-5-6-13(10-14)9-11(2)12(3)15/h5-7,9-10,12H,4,8,15H2,1-3H3/b11-9-. The third-order valence-corrected chi connectivity index (χ3v) is 2.44. The van der Waals surface area contributed by atoms with Crippen LogP contribution in [0.2, 0.25) is 0 Å². The van der Waals surface area contributed by atoms with Crippen LogP contribution in [0.15, 0.2) is 29.8 Å². The van der Waals surface area contributed by atoms with Gasteiger partial charge in [-0.15, -0.1) is 0 Å². The average Bonchev–Trinajstić information content (AvgIpc) is 2.26. The minimum absolute atomic E-state index is 0.0974. The molecule has 0 fully saturated rings. The topological polar surface area (TPSA) is 35.2 Å². The van der Waals surface area contributed by atoms with Gasteiger partial charge in [-0.25, -0.2) is 0 Å². The fourth-order valence-corrected chi connectivity index (χ4v) is 1.31. The second kappa shape index (κ2) is 6.33. The van der Waals surface area contributed by atoms with Crippen LogP contribution in [0.25, 0.3) is 6.08 Å². The smallest absolute Gasteiger partial charge is 0.119 e. The van der Waals surface area contributed by atoms with Gasteiger partial charge >= 0.3 is 0 Å². The van der Waals surface area contributed by atoms with E-state index in [9.17, 15) is 0 Å². The minimum atomic E-state index is 0.0974. The number of benzene rings is 1. The Balaban J connectivity index is 2.78. The first kappa shape index (κ1) is 12.8. The maximum atomic E-state index is 5.80. The van der Waals surface area contributed by atoms with Gasteiger partial charge in [0.05, 0.1) is 6.61 Å². The molecule has 2 N–H and O–H groups in total. The first-order valence-electron chi connectivity index (χ1n) is 5.80. The van der Waals surface area contributed by atoms with E-state index in [1.54, 1.807) is 0 Å². The normalized spacial score (nSPS) is 13.6. The molecule has 0 spiro atoms. The first-order valence-corrected chi connectivity index (χ1v) is 5.80. The second-order valence-electron chi connectivity index (χ2n) is 4.10. The van der Waals surface area contributed by atoms with Crippen molar-refractivity contribution in [1.29, 1.82) is 0 Å². The second-order valence-corrected chi connectivity index (χ2v) is 4.10. The predicted octanol–water partition coefficient (Wildman–Crippen LogP) is 3.23. The summed E-state index contributed by atoms with van der Waals surface area (Å²) in [5, 5.41) is 0. The Morgan fingerprint density at radius 2 is 2.25 bits per heavy atom. The Bertz CT molecular complexity index is 356. The predicted molar refractivity (Wildman–Crippen MR) is 69.5 cm³/mol. The molecule has 2 heteroatoms. The largest absolute Gasteiger partial charge is 0.494 e. The van der Waals surface area contributed by atoms with E-state index in [0.29, 0.717) is 0 Å². The number of hydrogen-bond donors (Lipinski definition) is 1. The Kier molecular flexibility index (Phi) is 5.06. The van der Waals surface area contributed by atoms with Gasteiger partial charge in [-0.05, 0) is 38.0 Å². The van der Waals surface area contributed by atoms with Crippen molar-refractivity contribution in [3.8, 4) is 5.75 Å². The van der Waals surface area contributed by atoms with Gasteiger partial charge in [0.15, 0.2) is 0 Å². The Morgan fingerprint density at radius 1 is 1.50 bits per heavy atom. The number of ether oxygens (including phenoxy) is 1. The number of rotatable bonds is 5. The highest BCUT2D eigenvalue weighted by Gasteiger charge is 1.98. The molecule has 0 bridgehead atoms. The average molecular weight is 219 g/mol. The van der Waals surface area contributed by atoms with Crippen LogP contribution in [0.4, 0.5) is 0 Å². The molecule has 0 aromatic heterocycles. The van der Waals surface area contributed by atoms with Gasteiger partial charge in [0.25, 0.3) is 0 Å². The molecule has 16 heavy (non-hydrogen) atoms. The van der Waals surface area contributed by atoms with Crippen LogP contribution in [0.3, 0.4) is 0 Å². The highest BCUT2D eigenvalue weighted by molar-refractivity contribution is 5.55. The lowest BCUT2D eigenvalue weighted by molar-refractivity contribution is 0.317. The monoisotopic (exact) mass is 219 g/mol. The molecule has 2 nitrogen and oxygen atoms in total. The van der Waals surface area contributed by atoms with Crippen LogP contribution in [-0.2, 0) is 0 Å². The van der Waals surface area contributed by atoms with Crippen LogP contribution in [0, 0.1) is 0 Å². The summed E-state index contributed by atoms with van der Waals surface area (Å²) >= 11 is 0. The van der Waals surface area contributed by atoms with Gasteiger partial charge in [0.1, 0.15) is 5.75 Å². The molecule has 0 radical (unpaired) electrons. The van der Waals surface area contributed by atoms with Gasteiger partial charge in [0.2, 0.25) is 0 Å². The SMILES string of the molecule is CCCOc1cccc(/C=C(/C)C(C)N)c1. The van der Waals surface area contributed by atoms with E-state index in [1.807, 2.05) is 32.0 Å². The van der Waals surface area contributed by atoms with E-state index < -0.39 is 0 Å². The van der Waals surface area contributed by atoms with Crippen molar-refractivity contribution in [3.63, 3.8) is 0 Å². The molecular weight excluding hydrogens is 198 g/mol. The summed E-state index contributed by atoms with van der Waals surface area (Å²) in [5.41, 5.74) is 8.12. The van der Waals surface area contributed by atoms with Crippen molar-refractivity contribution in [3.05, 3.63) is 35.4 Å². The molecule has 1 unspecified atom stereocenters.